The van der Waals surface area contributed by atoms with Gasteiger partial charge in [-0.3, -0.25) is 4.79 Å². The zero-order valence-electron chi connectivity index (χ0n) is 10.4. The number of amides is 1. The lowest BCUT2D eigenvalue weighted by Crippen LogP contribution is -2.13. The molecule has 0 saturated carbocycles. The second kappa shape index (κ2) is 6.15. The van der Waals surface area contributed by atoms with Crippen molar-refractivity contribution >= 4 is 45.1 Å². The lowest BCUT2D eigenvalue weighted by molar-refractivity contribution is 0.0696. The van der Waals surface area contributed by atoms with Gasteiger partial charge in [-0.1, -0.05) is 27.5 Å². The number of carbonyl (C=O) groups excluding carboxylic acids is 1. The Kier molecular flexibility index (Phi) is 4.50. The van der Waals surface area contributed by atoms with E-state index in [1.54, 1.807) is 12.1 Å². The standard InChI is InChI=1S/C14H9BrClNO4/c15-8-2-3-10(16)9(6-8)13(19)17-11-5-7(14(20)21)1-4-12(11)18/h1-6,18H,(H,17,19)(H,20,21). The third kappa shape index (κ3) is 3.53. The van der Waals surface area contributed by atoms with Crippen molar-refractivity contribution in [2.75, 3.05) is 5.32 Å². The van der Waals surface area contributed by atoms with Crippen LogP contribution in [0.15, 0.2) is 40.9 Å². The van der Waals surface area contributed by atoms with Gasteiger partial charge in [0, 0.05) is 4.47 Å². The maximum atomic E-state index is 12.1. The van der Waals surface area contributed by atoms with Crippen molar-refractivity contribution in [3.05, 3.63) is 57.0 Å². The first kappa shape index (κ1) is 15.3. The number of nitrogens with one attached hydrogen (secondary N) is 1. The van der Waals surface area contributed by atoms with Crippen molar-refractivity contribution < 1.29 is 19.8 Å². The van der Waals surface area contributed by atoms with Crippen molar-refractivity contribution in [1.29, 1.82) is 0 Å². The summed E-state index contributed by atoms with van der Waals surface area (Å²) in [5, 5.41) is 21.3. The molecule has 0 heterocycles. The zero-order chi connectivity index (χ0) is 15.6. The molecule has 2 aromatic carbocycles. The fourth-order valence-electron chi connectivity index (χ4n) is 1.63. The van der Waals surface area contributed by atoms with E-state index >= 15 is 0 Å². The summed E-state index contributed by atoms with van der Waals surface area (Å²) in [5.41, 5.74) is 0.144. The minimum atomic E-state index is -1.16. The molecule has 3 N–H and O–H groups in total. The molecule has 1 amide bonds. The summed E-state index contributed by atoms with van der Waals surface area (Å²) in [5.74, 6) is -1.95. The van der Waals surface area contributed by atoms with E-state index in [0.29, 0.717) is 4.47 Å². The molecule has 0 atom stereocenters. The molecule has 0 aliphatic carbocycles. The van der Waals surface area contributed by atoms with Crippen LogP contribution in [0.2, 0.25) is 5.02 Å². The topological polar surface area (TPSA) is 86.6 Å². The van der Waals surface area contributed by atoms with E-state index in [0.717, 1.165) is 0 Å². The minimum Gasteiger partial charge on any atom is -0.506 e. The number of rotatable bonds is 3. The smallest absolute Gasteiger partial charge is 0.335 e. The zero-order valence-corrected chi connectivity index (χ0v) is 12.8. The van der Waals surface area contributed by atoms with E-state index in [2.05, 4.69) is 21.2 Å². The van der Waals surface area contributed by atoms with Gasteiger partial charge < -0.3 is 15.5 Å². The molecule has 5 nitrogen and oxygen atoms in total. The highest BCUT2D eigenvalue weighted by Crippen LogP contribution is 2.27. The molecule has 7 heteroatoms. The molecule has 108 valence electrons. The molecule has 0 saturated heterocycles. The Labute approximate surface area is 133 Å². The second-order valence-corrected chi connectivity index (χ2v) is 5.44. The van der Waals surface area contributed by atoms with E-state index in [4.69, 9.17) is 16.7 Å². The number of carboxylic acid groups (broad SMARTS) is 1. The van der Waals surface area contributed by atoms with Gasteiger partial charge in [0.1, 0.15) is 5.75 Å². The number of phenolic OH excluding ortho intramolecular Hbond substituents is 1. The van der Waals surface area contributed by atoms with Gasteiger partial charge in [-0.15, -0.1) is 0 Å². The molecular weight excluding hydrogens is 362 g/mol. The molecular formula is C14H9BrClNO4. The lowest BCUT2D eigenvalue weighted by atomic mass is 10.1. The fourth-order valence-corrected chi connectivity index (χ4v) is 2.19. The maximum absolute atomic E-state index is 12.1. The highest BCUT2D eigenvalue weighted by Gasteiger charge is 2.14. The van der Waals surface area contributed by atoms with Gasteiger partial charge in [-0.05, 0) is 36.4 Å². The molecule has 0 spiro atoms. The molecule has 2 aromatic rings. The Balaban J connectivity index is 2.33. The minimum absolute atomic E-state index is 0.00376. The van der Waals surface area contributed by atoms with Gasteiger partial charge in [0.25, 0.3) is 5.91 Å². The highest BCUT2D eigenvalue weighted by molar-refractivity contribution is 9.10. The van der Waals surface area contributed by atoms with Crippen LogP contribution in [0.1, 0.15) is 20.7 Å². The molecule has 0 fully saturated rings. The van der Waals surface area contributed by atoms with Crippen LogP contribution in [0.5, 0.6) is 5.75 Å². The number of benzene rings is 2. The fraction of sp³-hybridized carbons (Fsp3) is 0. The maximum Gasteiger partial charge on any atom is 0.335 e. The predicted molar refractivity (Wildman–Crippen MR) is 82.2 cm³/mol. The van der Waals surface area contributed by atoms with Crippen LogP contribution < -0.4 is 5.32 Å². The second-order valence-electron chi connectivity index (χ2n) is 4.12. The van der Waals surface area contributed by atoms with Crippen molar-refractivity contribution in [2.45, 2.75) is 0 Å². The van der Waals surface area contributed by atoms with Crippen LogP contribution in [-0.4, -0.2) is 22.1 Å². The van der Waals surface area contributed by atoms with E-state index in [1.807, 2.05) is 0 Å². The molecule has 21 heavy (non-hydrogen) atoms. The summed E-state index contributed by atoms with van der Waals surface area (Å²) in [6.45, 7) is 0. The van der Waals surface area contributed by atoms with Crippen LogP contribution in [0.4, 0.5) is 5.69 Å². The van der Waals surface area contributed by atoms with Gasteiger partial charge in [0.05, 0.1) is 21.8 Å². The molecule has 0 aliphatic heterocycles. The Morgan fingerprint density at radius 3 is 2.52 bits per heavy atom. The van der Waals surface area contributed by atoms with E-state index < -0.39 is 11.9 Å². The lowest BCUT2D eigenvalue weighted by Gasteiger charge is -2.09. The Bertz CT molecular complexity index is 733. The number of carboxylic acids is 1. The van der Waals surface area contributed by atoms with Crippen LogP contribution in [0.3, 0.4) is 0 Å². The Morgan fingerprint density at radius 1 is 1.14 bits per heavy atom. The number of hydrogen-bond acceptors (Lipinski definition) is 3. The molecule has 0 bridgehead atoms. The van der Waals surface area contributed by atoms with E-state index in [9.17, 15) is 14.7 Å². The molecule has 0 aliphatic rings. The van der Waals surface area contributed by atoms with Crippen LogP contribution in [-0.2, 0) is 0 Å². The van der Waals surface area contributed by atoms with E-state index in [1.165, 1.54) is 24.3 Å². The summed E-state index contributed by atoms with van der Waals surface area (Å²) >= 11 is 9.17. The highest BCUT2D eigenvalue weighted by atomic mass is 79.9. The van der Waals surface area contributed by atoms with Gasteiger partial charge in [0.15, 0.2) is 0 Å². The molecule has 0 unspecified atom stereocenters. The van der Waals surface area contributed by atoms with Gasteiger partial charge >= 0.3 is 5.97 Å². The molecule has 0 aromatic heterocycles. The first-order valence-electron chi connectivity index (χ1n) is 5.71. The SMILES string of the molecule is O=C(O)c1ccc(O)c(NC(=O)c2cc(Br)ccc2Cl)c1. The average molecular weight is 371 g/mol. The van der Waals surface area contributed by atoms with Crippen molar-refractivity contribution in [3.8, 4) is 5.75 Å². The van der Waals surface area contributed by atoms with Gasteiger partial charge in [-0.25, -0.2) is 4.79 Å². The Morgan fingerprint density at radius 2 is 1.86 bits per heavy atom. The number of aromatic carboxylic acids is 1. The Hall–Kier alpha value is -2.05. The average Bonchev–Trinajstić information content (AvgIpc) is 2.43. The number of hydrogen-bond donors (Lipinski definition) is 3. The summed E-state index contributed by atoms with van der Waals surface area (Å²) in [7, 11) is 0. The quantitative estimate of drug-likeness (QED) is 0.718. The van der Waals surface area contributed by atoms with Crippen molar-refractivity contribution in [3.63, 3.8) is 0 Å². The summed E-state index contributed by atoms with van der Waals surface area (Å²) in [6.07, 6.45) is 0. The third-order valence-electron chi connectivity index (χ3n) is 2.66. The summed E-state index contributed by atoms with van der Waals surface area (Å²) in [6, 6.07) is 8.36. The van der Waals surface area contributed by atoms with Crippen LogP contribution >= 0.6 is 27.5 Å². The number of halogens is 2. The number of phenols is 1. The molecule has 2 rings (SSSR count). The van der Waals surface area contributed by atoms with Crippen LogP contribution in [0.25, 0.3) is 0 Å². The molecule has 0 radical (unpaired) electrons. The number of carbonyl (C=O) groups is 2. The van der Waals surface area contributed by atoms with Crippen molar-refractivity contribution in [1.82, 2.24) is 0 Å². The number of anilines is 1. The third-order valence-corrected chi connectivity index (χ3v) is 3.49. The largest absolute Gasteiger partial charge is 0.506 e. The van der Waals surface area contributed by atoms with Gasteiger partial charge in [-0.2, -0.15) is 0 Å². The van der Waals surface area contributed by atoms with Crippen molar-refractivity contribution in [2.24, 2.45) is 0 Å². The first-order chi connectivity index (χ1) is 9.88. The predicted octanol–water partition coefficient (Wildman–Crippen LogP) is 3.76. The van der Waals surface area contributed by atoms with E-state index in [-0.39, 0.29) is 27.6 Å². The van der Waals surface area contributed by atoms with Crippen LogP contribution in [0, 0.1) is 0 Å². The van der Waals surface area contributed by atoms with Gasteiger partial charge in [0.2, 0.25) is 0 Å². The first-order valence-corrected chi connectivity index (χ1v) is 6.88. The number of aromatic hydroxyl groups is 1. The summed E-state index contributed by atoms with van der Waals surface area (Å²) in [4.78, 5) is 23.0. The normalized spacial score (nSPS) is 10.2. The monoisotopic (exact) mass is 369 g/mol. The summed E-state index contributed by atoms with van der Waals surface area (Å²) < 4.78 is 0.667.